The number of nitrogens with one attached hydrogen (secondary N) is 3. The molecule has 112 valence electrons. The maximum atomic E-state index is 11.8. The van der Waals surface area contributed by atoms with Crippen LogP contribution in [0.5, 0.6) is 5.75 Å². The summed E-state index contributed by atoms with van der Waals surface area (Å²) >= 11 is 0. The topological polar surface area (TPSA) is 87.2 Å². The van der Waals surface area contributed by atoms with Gasteiger partial charge in [-0.2, -0.15) is 5.43 Å². The lowest BCUT2D eigenvalue weighted by Crippen LogP contribution is -2.51. The first-order chi connectivity index (χ1) is 10.2. The molecule has 0 saturated heterocycles. The van der Waals surface area contributed by atoms with Gasteiger partial charge >= 0.3 is 6.09 Å². The highest BCUT2D eigenvalue weighted by Gasteiger charge is 2.16. The van der Waals surface area contributed by atoms with E-state index in [1.165, 1.54) is 0 Å². The number of nitrogens with zero attached hydrogens (tertiary/aromatic N) is 2. The molecule has 0 bridgehead atoms. The summed E-state index contributed by atoms with van der Waals surface area (Å²) < 4.78 is 10.4. The molecule has 0 fully saturated rings. The van der Waals surface area contributed by atoms with Crippen LogP contribution in [-0.4, -0.2) is 30.9 Å². The fourth-order valence-electron chi connectivity index (χ4n) is 1.53. The number of carbonyl (C=O) groups is 1. The number of amides is 1. The third kappa shape index (κ3) is 4.30. The summed E-state index contributed by atoms with van der Waals surface area (Å²) in [5.41, 5.74) is 5.24. The third-order valence-electron chi connectivity index (χ3n) is 2.41. The number of hydrazine groups is 2. The van der Waals surface area contributed by atoms with Crippen molar-refractivity contribution in [3.63, 3.8) is 0 Å². The number of benzene rings is 1. The van der Waals surface area contributed by atoms with E-state index in [2.05, 4.69) is 21.3 Å². The summed E-state index contributed by atoms with van der Waals surface area (Å²) in [7, 11) is 1.73. The van der Waals surface area contributed by atoms with Gasteiger partial charge in [0.2, 0.25) is 5.90 Å². The van der Waals surface area contributed by atoms with Crippen LogP contribution in [0, 0.1) is 0 Å². The van der Waals surface area contributed by atoms with E-state index >= 15 is 0 Å². The summed E-state index contributed by atoms with van der Waals surface area (Å²) in [6, 6.07) is 8.73. The molecule has 0 atom stereocenters. The van der Waals surface area contributed by atoms with E-state index in [0.717, 1.165) is 5.23 Å². The van der Waals surface area contributed by atoms with Crippen molar-refractivity contribution in [3.8, 4) is 5.75 Å². The number of hydrogen-bond donors (Lipinski definition) is 3. The lowest BCUT2D eigenvalue weighted by molar-refractivity contribution is 0.109. The Kier molecular flexibility index (Phi) is 4.86. The molecule has 1 heterocycles. The lowest BCUT2D eigenvalue weighted by Gasteiger charge is -2.25. The Labute approximate surface area is 122 Å². The van der Waals surface area contributed by atoms with Crippen molar-refractivity contribution >= 4 is 12.0 Å². The quantitative estimate of drug-likeness (QED) is 0.764. The normalized spacial score (nSPS) is 13.5. The van der Waals surface area contributed by atoms with Crippen LogP contribution in [0.3, 0.4) is 0 Å². The van der Waals surface area contributed by atoms with Gasteiger partial charge in [-0.3, -0.25) is 0 Å². The predicted molar refractivity (Wildman–Crippen MR) is 76.8 cm³/mol. The van der Waals surface area contributed by atoms with E-state index in [4.69, 9.17) is 9.47 Å². The standard InChI is InChI=1S/C13H17N5O3/c1-3-20-12-9-11(14-2)15-18(16-12)17-13(19)21-10-7-5-4-6-8-10/h4-9,14-15H,3H2,1-2H3,(H,17,19). The van der Waals surface area contributed by atoms with E-state index in [0.29, 0.717) is 24.1 Å². The minimum Gasteiger partial charge on any atom is -0.477 e. The summed E-state index contributed by atoms with van der Waals surface area (Å²) in [5.74, 6) is 1.42. The van der Waals surface area contributed by atoms with E-state index in [9.17, 15) is 4.79 Å². The van der Waals surface area contributed by atoms with E-state index in [1.807, 2.05) is 13.0 Å². The van der Waals surface area contributed by atoms with Gasteiger partial charge in [-0.1, -0.05) is 28.5 Å². The summed E-state index contributed by atoms with van der Waals surface area (Å²) in [4.78, 5) is 11.8. The van der Waals surface area contributed by atoms with Crippen LogP contribution in [0.25, 0.3) is 0 Å². The number of carbonyl (C=O) groups excluding carboxylic acids is 1. The Morgan fingerprint density at radius 3 is 2.81 bits per heavy atom. The van der Waals surface area contributed by atoms with Gasteiger partial charge in [-0.25, -0.2) is 10.2 Å². The van der Waals surface area contributed by atoms with Gasteiger partial charge in [0.25, 0.3) is 0 Å². The zero-order valence-corrected chi connectivity index (χ0v) is 11.8. The van der Waals surface area contributed by atoms with Crippen molar-refractivity contribution < 1.29 is 14.3 Å². The molecule has 1 aliphatic heterocycles. The van der Waals surface area contributed by atoms with E-state index in [1.54, 1.807) is 37.4 Å². The van der Waals surface area contributed by atoms with E-state index < -0.39 is 6.09 Å². The molecular weight excluding hydrogens is 274 g/mol. The molecule has 0 radical (unpaired) electrons. The molecule has 0 saturated carbocycles. The second-order valence-electron chi connectivity index (χ2n) is 3.92. The third-order valence-corrected chi connectivity index (χ3v) is 2.41. The van der Waals surface area contributed by atoms with Crippen molar-refractivity contribution in [2.24, 2.45) is 5.10 Å². The number of hydrogen-bond acceptors (Lipinski definition) is 7. The lowest BCUT2D eigenvalue weighted by atomic mass is 10.3. The minimum absolute atomic E-state index is 0.362. The maximum Gasteiger partial charge on any atom is 0.434 e. The van der Waals surface area contributed by atoms with Gasteiger partial charge in [0, 0.05) is 13.1 Å². The molecule has 8 heteroatoms. The monoisotopic (exact) mass is 291 g/mol. The van der Waals surface area contributed by atoms with Crippen molar-refractivity contribution in [3.05, 3.63) is 42.2 Å². The van der Waals surface area contributed by atoms with Crippen molar-refractivity contribution in [1.29, 1.82) is 0 Å². The Morgan fingerprint density at radius 1 is 1.38 bits per heavy atom. The first-order valence-corrected chi connectivity index (χ1v) is 6.42. The highest BCUT2D eigenvalue weighted by molar-refractivity contribution is 5.88. The highest BCUT2D eigenvalue weighted by Crippen LogP contribution is 2.08. The molecule has 0 spiro atoms. The first-order valence-electron chi connectivity index (χ1n) is 6.42. The number of para-hydroxylation sites is 1. The SMILES string of the molecule is CCOC1=NN(NC(=O)Oc2ccccc2)NC(NC)=C1. The Hall–Kier alpha value is -2.90. The minimum atomic E-state index is -0.675. The van der Waals surface area contributed by atoms with Gasteiger partial charge < -0.3 is 14.8 Å². The molecule has 1 amide bonds. The Balaban J connectivity index is 1.95. The molecule has 0 unspecified atom stereocenters. The number of rotatable bonds is 4. The molecule has 21 heavy (non-hydrogen) atoms. The van der Waals surface area contributed by atoms with Crippen LogP contribution < -0.4 is 20.9 Å². The second-order valence-corrected chi connectivity index (χ2v) is 3.92. The van der Waals surface area contributed by atoms with Crippen molar-refractivity contribution in [1.82, 2.24) is 21.4 Å². The van der Waals surface area contributed by atoms with Crippen molar-refractivity contribution in [2.75, 3.05) is 13.7 Å². The Morgan fingerprint density at radius 2 is 2.14 bits per heavy atom. The van der Waals surface area contributed by atoms with Crippen LogP contribution in [0.15, 0.2) is 47.3 Å². The highest BCUT2D eigenvalue weighted by atomic mass is 16.6. The van der Waals surface area contributed by atoms with Crippen LogP contribution in [-0.2, 0) is 4.74 Å². The number of hydrazone groups is 1. The molecular formula is C13H17N5O3. The molecule has 1 aliphatic rings. The average Bonchev–Trinajstić information content (AvgIpc) is 2.48. The smallest absolute Gasteiger partial charge is 0.434 e. The summed E-state index contributed by atoms with van der Waals surface area (Å²) in [6.07, 6.45) is 0.996. The fourth-order valence-corrected chi connectivity index (χ4v) is 1.53. The van der Waals surface area contributed by atoms with Gasteiger partial charge in [-0.05, 0) is 19.1 Å². The zero-order chi connectivity index (χ0) is 15.1. The van der Waals surface area contributed by atoms with Crippen LogP contribution in [0.2, 0.25) is 0 Å². The Bertz CT molecular complexity index is 544. The predicted octanol–water partition coefficient (Wildman–Crippen LogP) is 0.921. The molecule has 1 aromatic carbocycles. The van der Waals surface area contributed by atoms with Gasteiger partial charge in [0.05, 0.1) is 6.61 Å². The van der Waals surface area contributed by atoms with Gasteiger partial charge in [0.15, 0.2) is 0 Å². The van der Waals surface area contributed by atoms with E-state index in [-0.39, 0.29) is 0 Å². The maximum absolute atomic E-state index is 11.8. The van der Waals surface area contributed by atoms with Crippen LogP contribution >= 0.6 is 0 Å². The molecule has 1 aromatic rings. The average molecular weight is 291 g/mol. The molecule has 3 N–H and O–H groups in total. The summed E-state index contributed by atoms with van der Waals surface area (Å²) in [5, 5.41) is 8.05. The molecule has 0 aliphatic carbocycles. The summed E-state index contributed by atoms with van der Waals surface area (Å²) in [6.45, 7) is 2.31. The number of ether oxygens (including phenoxy) is 2. The van der Waals surface area contributed by atoms with Gasteiger partial charge in [-0.15, -0.1) is 0 Å². The zero-order valence-electron chi connectivity index (χ0n) is 11.8. The second kappa shape index (κ2) is 7.04. The molecule has 0 aromatic heterocycles. The van der Waals surface area contributed by atoms with Crippen molar-refractivity contribution in [2.45, 2.75) is 6.92 Å². The van der Waals surface area contributed by atoms with Crippen LogP contribution in [0.4, 0.5) is 4.79 Å². The van der Waals surface area contributed by atoms with Crippen LogP contribution in [0.1, 0.15) is 6.92 Å². The molecule has 2 rings (SSSR count). The van der Waals surface area contributed by atoms with Gasteiger partial charge in [0.1, 0.15) is 11.6 Å². The largest absolute Gasteiger partial charge is 0.477 e. The first kappa shape index (κ1) is 14.5. The molecule has 8 nitrogen and oxygen atoms in total. The fraction of sp³-hybridized carbons (Fsp3) is 0.231.